The van der Waals surface area contributed by atoms with Gasteiger partial charge in [-0.05, 0) is 24.6 Å². The maximum atomic E-state index is 10.4. The smallest absolute Gasteiger partial charge is 0.269 e. The molecule has 0 radical (unpaired) electrons. The third-order valence-corrected chi connectivity index (χ3v) is 1.89. The number of rotatable bonds is 5. The summed E-state index contributed by atoms with van der Waals surface area (Å²) < 4.78 is 0. The SMILES string of the molecule is C=CCO/N=C(\C)c1ccc([N+](=O)[O-])cc1. The molecule has 1 aromatic rings. The van der Waals surface area contributed by atoms with Crippen LogP contribution < -0.4 is 0 Å². The topological polar surface area (TPSA) is 64.7 Å². The van der Waals surface area contributed by atoms with Crippen molar-refractivity contribution in [2.75, 3.05) is 6.61 Å². The van der Waals surface area contributed by atoms with E-state index in [1.54, 1.807) is 25.1 Å². The van der Waals surface area contributed by atoms with Crippen molar-refractivity contribution in [1.29, 1.82) is 0 Å². The van der Waals surface area contributed by atoms with Crippen LogP contribution >= 0.6 is 0 Å². The summed E-state index contributed by atoms with van der Waals surface area (Å²) in [6.07, 6.45) is 1.59. The van der Waals surface area contributed by atoms with E-state index in [4.69, 9.17) is 4.84 Å². The lowest BCUT2D eigenvalue weighted by molar-refractivity contribution is -0.384. The Bertz CT molecular complexity index is 410. The van der Waals surface area contributed by atoms with Gasteiger partial charge in [-0.25, -0.2) is 0 Å². The molecule has 0 aliphatic carbocycles. The summed E-state index contributed by atoms with van der Waals surface area (Å²) in [6.45, 7) is 5.60. The van der Waals surface area contributed by atoms with Crippen molar-refractivity contribution in [2.45, 2.75) is 6.92 Å². The maximum absolute atomic E-state index is 10.4. The van der Waals surface area contributed by atoms with E-state index in [9.17, 15) is 10.1 Å². The molecule has 5 nitrogen and oxygen atoms in total. The van der Waals surface area contributed by atoms with Gasteiger partial charge < -0.3 is 4.84 Å². The molecule has 0 N–H and O–H groups in total. The lowest BCUT2D eigenvalue weighted by Gasteiger charge is -2.00. The third-order valence-electron chi connectivity index (χ3n) is 1.89. The van der Waals surface area contributed by atoms with Gasteiger partial charge in [0, 0.05) is 12.1 Å². The summed E-state index contributed by atoms with van der Waals surface area (Å²) in [5.74, 6) is 0. The van der Waals surface area contributed by atoms with Crippen molar-refractivity contribution in [3.63, 3.8) is 0 Å². The summed E-state index contributed by atoms with van der Waals surface area (Å²) in [7, 11) is 0. The molecule has 0 aliphatic rings. The van der Waals surface area contributed by atoms with E-state index in [1.807, 2.05) is 0 Å². The van der Waals surface area contributed by atoms with Crippen molar-refractivity contribution < 1.29 is 9.76 Å². The number of nitro groups is 1. The molecule has 5 heteroatoms. The molecule has 1 rings (SSSR count). The quantitative estimate of drug-likeness (QED) is 0.252. The summed E-state index contributed by atoms with van der Waals surface area (Å²) in [4.78, 5) is 14.9. The Morgan fingerprint density at radius 1 is 1.56 bits per heavy atom. The van der Waals surface area contributed by atoms with Gasteiger partial charge in [0.15, 0.2) is 0 Å². The second-order valence-corrected chi connectivity index (χ2v) is 3.07. The summed E-state index contributed by atoms with van der Waals surface area (Å²) >= 11 is 0. The van der Waals surface area contributed by atoms with Crippen LogP contribution in [0.2, 0.25) is 0 Å². The average molecular weight is 220 g/mol. The first-order valence-electron chi connectivity index (χ1n) is 4.67. The molecule has 0 bridgehead atoms. The average Bonchev–Trinajstić information content (AvgIpc) is 2.29. The molecule has 16 heavy (non-hydrogen) atoms. The highest BCUT2D eigenvalue weighted by atomic mass is 16.6. The molecule has 0 atom stereocenters. The van der Waals surface area contributed by atoms with E-state index in [1.165, 1.54) is 12.1 Å². The number of benzene rings is 1. The fourth-order valence-electron chi connectivity index (χ4n) is 1.06. The molecular weight excluding hydrogens is 208 g/mol. The minimum Gasteiger partial charge on any atom is -0.391 e. The lowest BCUT2D eigenvalue weighted by atomic mass is 10.1. The number of non-ortho nitro benzene ring substituents is 1. The molecule has 0 aliphatic heterocycles. The zero-order valence-corrected chi connectivity index (χ0v) is 8.92. The monoisotopic (exact) mass is 220 g/mol. The van der Waals surface area contributed by atoms with Gasteiger partial charge >= 0.3 is 0 Å². The van der Waals surface area contributed by atoms with Gasteiger partial charge in [-0.2, -0.15) is 0 Å². The van der Waals surface area contributed by atoms with Crippen LogP contribution in [0.15, 0.2) is 42.1 Å². The first-order valence-corrected chi connectivity index (χ1v) is 4.67. The first-order chi connectivity index (χ1) is 7.65. The molecule has 0 aromatic heterocycles. The molecular formula is C11H12N2O3. The Kier molecular flexibility index (Phi) is 4.20. The number of hydrogen-bond acceptors (Lipinski definition) is 4. The Morgan fingerprint density at radius 2 is 2.19 bits per heavy atom. The molecule has 0 saturated heterocycles. The van der Waals surface area contributed by atoms with Gasteiger partial charge in [-0.1, -0.05) is 17.8 Å². The Morgan fingerprint density at radius 3 is 2.69 bits per heavy atom. The van der Waals surface area contributed by atoms with Crippen LogP contribution in [-0.4, -0.2) is 17.2 Å². The lowest BCUT2D eigenvalue weighted by Crippen LogP contribution is -1.97. The summed E-state index contributed by atoms with van der Waals surface area (Å²) in [5.41, 5.74) is 1.51. The van der Waals surface area contributed by atoms with Crippen LogP contribution in [0.4, 0.5) is 5.69 Å². The minimum absolute atomic E-state index is 0.0589. The third kappa shape index (κ3) is 3.20. The van der Waals surface area contributed by atoms with Gasteiger partial charge in [-0.15, -0.1) is 0 Å². The highest BCUT2D eigenvalue weighted by Gasteiger charge is 2.05. The minimum atomic E-state index is -0.440. The van der Waals surface area contributed by atoms with Crippen LogP contribution in [0.25, 0.3) is 0 Å². The van der Waals surface area contributed by atoms with Gasteiger partial charge in [0.05, 0.1) is 10.6 Å². The van der Waals surface area contributed by atoms with E-state index >= 15 is 0 Å². The zero-order chi connectivity index (χ0) is 12.0. The molecule has 0 unspecified atom stereocenters. The zero-order valence-electron chi connectivity index (χ0n) is 8.92. The number of nitrogens with zero attached hydrogens (tertiary/aromatic N) is 2. The Balaban J connectivity index is 2.77. The van der Waals surface area contributed by atoms with E-state index in [0.717, 1.165) is 5.56 Å². The van der Waals surface area contributed by atoms with Gasteiger partial charge in [0.2, 0.25) is 0 Å². The molecule has 0 spiro atoms. The van der Waals surface area contributed by atoms with E-state index in [2.05, 4.69) is 11.7 Å². The van der Waals surface area contributed by atoms with Crippen molar-refractivity contribution in [3.05, 3.63) is 52.6 Å². The van der Waals surface area contributed by atoms with Crippen molar-refractivity contribution in [3.8, 4) is 0 Å². The van der Waals surface area contributed by atoms with Crippen LogP contribution in [0, 0.1) is 10.1 Å². The van der Waals surface area contributed by atoms with Crippen LogP contribution in [0.5, 0.6) is 0 Å². The fraction of sp³-hybridized carbons (Fsp3) is 0.182. The predicted octanol–water partition coefficient (Wildman–Crippen LogP) is 2.52. The summed E-state index contributed by atoms with van der Waals surface area (Å²) in [5, 5.41) is 14.3. The molecule has 0 saturated carbocycles. The van der Waals surface area contributed by atoms with Gasteiger partial charge in [0.25, 0.3) is 5.69 Å². The largest absolute Gasteiger partial charge is 0.391 e. The molecule has 0 fully saturated rings. The second-order valence-electron chi connectivity index (χ2n) is 3.07. The van der Waals surface area contributed by atoms with Gasteiger partial charge in [-0.3, -0.25) is 10.1 Å². The molecule has 84 valence electrons. The Labute approximate surface area is 93.2 Å². The Hall–Kier alpha value is -2.17. The normalized spacial score (nSPS) is 10.9. The summed E-state index contributed by atoms with van der Waals surface area (Å²) in [6, 6.07) is 6.13. The van der Waals surface area contributed by atoms with E-state index in [0.29, 0.717) is 12.3 Å². The van der Waals surface area contributed by atoms with Crippen molar-refractivity contribution >= 4 is 11.4 Å². The molecule has 0 amide bonds. The number of hydrogen-bond donors (Lipinski definition) is 0. The van der Waals surface area contributed by atoms with Crippen LogP contribution in [0.1, 0.15) is 12.5 Å². The van der Waals surface area contributed by atoms with E-state index in [-0.39, 0.29) is 5.69 Å². The van der Waals surface area contributed by atoms with Crippen molar-refractivity contribution in [1.82, 2.24) is 0 Å². The number of nitro benzene ring substituents is 1. The fourth-order valence-corrected chi connectivity index (χ4v) is 1.06. The number of oxime groups is 1. The molecule has 1 aromatic carbocycles. The van der Waals surface area contributed by atoms with Crippen LogP contribution in [0.3, 0.4) is 0 Å². The van der Waals surface area contributed by atoms with Crippen molar-refractivity contribution in [2.24, 2.45) is 5.16 Å². The highest BCUT2D eigenvalue weighted by molar-refractivity contribution is 5.98. The first kappa shape index (κ1) is 11.9. The van der Waals surface area contributed by atoms with E-state index < -0.39 is 4.92 Å². The maximum Gasteiger partial charge on any atom is 0.269 e. The van der Waals surface area contributed by atoms with Crippen LogP contribution in [-0.2, 0) is 4.84 Å². The highest BCUT2D eigenvalue weighted by Crippen LogP contribution is 2.12. The molecule has 0 heterocycles. The van der Waals surface area contributed by atoms with Gasteiger partial charge in [0.1, 0.15) is 6.61 Å². The standard InChI is InChI=1S/C11H12N2O3/c1-3-8-16-12-9(2)10-4-6-11(7-5-10)13(14)15/h3-7H,1,8H2,2H3/b12-9+. The second kappa shape index (κ2) is 5.65. The predicted molar refractivity (Wildman–Crippen MR) is 61.5 cm³/mol.